The van der Waals surface area contributed by atoms with Crippen molar-refractivity contribution in [2.24, 2.45) is 4.03 Å². The molecule has 0 aromatic heterocycles. The summed E-state index contributed by atoms with van der Waals surface area (Å²) in [6, 6.07) is 4.01. The first-order chi connectivity index (χ1) is 11.3. The standard InChI is InChI=1S/C16H24ClNO5SSi/c1-16(2,3)25(6,7)18-24(17,21)13-10-11(14(19)22-4)8-9-12(13)15(20)23-5/h8-10H,1-7H3. The number of nitrogens with zero attached hydrogens (tertiary/aromatic N) is 1. The van der Waals surface area contributed by atoms with Gasteiger partial charge in [-0.15, -0.1) is 0 Å². The Hall–Kier alpha value is -1.38. The van der Waals surface area contributed by atoms with E-state index < -0.39 is 29.1 Å². The van der Waals surface area contributed by atoms with E-state index in [4.69, 9.17) is 15.4 Å². The van der Waals surface area contributed by atoms with Crippen LogP contribution in [0.3, 0.4) is 0 Å². The Bertz CT molecular complexity index is 807. The second-order valence-corrected chi connectivity index (χ2v) is 15.0. The molecule has 0 aliphatic heterocycles. The first-order valence-electron chi connectivity index (χ1n) is 7.55. The molecule has 0 amide bonds. The predicted octanol–water partition coefficient (Wildman–Crippen LogP) is 4.25. The van der Waals surface area contributed by atoms with Crippen LogP contribution in [0.4, 0.5) is 0 Å². The zero-order valence-electron chi connectivity index (χ0n) is 15.5. The van der Waals surface area contributed by atoms with Crippen LogP contribution in [0.2, 0.25) is 18.1 Å². The summed E-state index contributed by atoms with van der Waals surface area (Å²) in [5.41, 5.74) is 0.140. The maximum absolute atomic E-state index is 13.2. The van der Waals surface area contributed by atoms with Gasteiger partial charge in [0.1, 0.15) is 0 Å². The second-order valence-electron chi connectivity index (χ2n) is 7.05. The van der Waals surface area contributed by atoms with Crippen molar-refractivity contribution in [2.45, 2.75) is 43.8 Å². The molecule has 1 atom stereocenters. The lowest BCUT2D eigenvalue weighted by Gasteiger charge is -2.32. The van der Waals surface area contributed by atoms with Gasteiger partial charge in [-0.05, 0) is 36.3 Å². The summed E-state index contributed by atoms with van der Waals surface area (Å²) in [5.74, 6) is -1.33. The largest absolute Gasteiger partial charge is 0.465 e. The van der Waals surface area contributed by atoms with Gasteiger partial charge in [-0.1, -0.05) is 20.8 Å². The van der Waals surface area contributed by atoms with E-state index in [1.54, 1.807) is 0 Å². The normalized spacial score (nSPS) is 14.4. The Morgan fingerprint density at radius 3 is 2.08 bits per heavy atom. The van der Waals surface area contributed by atoms with Crippen molar-refractivity contribution in [3.63, 3.8) is 0 Å². The summed E-state index contributed by atoms with van der Waals surface area (Å²) in [4.78, 5) is 23.8. The lowest BCUT2D eigenvalue weighted by atomic mass is 10.1. The molecule has 0 saturated carbocycles. The minimum absolute atomic E-state index is 0.0117. The Kier molecular flexibility index (Phi) is 6.47. The number of hydrogen-bond donors (Lipinski definition) is 0. The van der Waals surface area contributed by atoms with E-state index in [1.165, 1.54) is 32.4 Å². The molecular formula is C16H24ClNO5SSi. The molecule has 0 aliphatic rings. The molecule has 0 aliphatic carbocycles. The van der Waals surface area contributed by atoms with Crippen LogP contribution in [0.5, 0.6) is 0 Å². The predicted molar refractivity (Wildman–Crippen MR) is 101 cm³/mol. The van der Waals surface area contributed by atoms with Crippen LogP contribution < -0.4 is 0 Å². The Morgan fingerprint density at radius 1 is 1.12 bits per heavy atom. The van der Waals surface area contributed by atoms with Crippen molar-refractivity contribution >= 4 is 39.8 Å². The third-order valence-electron chi connectivity index (χ3n) is 4.26. The highest BCUT2D eigenvalue weighted by Crippen LogP contribution is 2.39. The quantitative estimate of drug-likeness (QED) is 0.425. The van der Waals surface area contributed by atoms with Gasteiger partial charge in [-0.25, -0.2) is 13.8 Å². The molecule has 1 aromatic rings. The lowest BCUT2D eigenvalue weighted by Crippen LogP contribution is -2.36. The van der Waals surface area contributed by atoms with Crippen LogP contribution in [0.1, 0.15) is 41.5 Å². The summed E-state index contributed by atoms with van der Waals surface area (Å²) in [6.45, 7) is 9.89. The molecule has 6 nitrogen and oxygen atoms in total. The number of methoxy groups -OCH3 is 2. The number of halogens is 1. The van der Waals surface area contributed by atoms with Crippen molar-refractivity contribution in [1.29, 1.82) is 0 Å². The molecule has 0 fully saturated rings. The third-order valence-corrected chi connectivity index (χ3v) is 12.7. The average molecular weight is 406 g/mol. The highest BCUT2D eigenvalue weighted by molar-refractivity contribution is 8.16. The third kappa shape index (κ3) is 4.83. The Balaban J connectivity index is 3.74. The zero-order valence-corrected chi connectivity index (χ0v) is 18.1. The minimum Gasteiger partial charge on any atom is -0.465 e. The smallest absolute Gasteiger partial charge is 0.339 e. The highest BCUT2D eigenvalue weighted by Gasteiger charge is 2.38. The molecule has 0 spiro atoms. The van der Waals surface area contributed by atoms with Gasteiger partial charge in [0.25, 0.3) is 0 Å². The fourth-order valence-electron chi connectivity index (χ4n) is 1.73. The minimum atomic E-state index is -3.45. The highest BCUT2D eigenvalue weighted by atomic mass is 35.7. The van der Waals surface area contributed by atoms with Gasteiger partial charge < -0.3 is 9.47 Å². The van der Waals surface area contributed by atoms with E-state index in [2.05, 4.69) is 8.77 Å². The molecule has 140 valence electrons. The van der Waals surface area contributed by atoms with Gasteiger partial charge in [-0.2, -0.15) is 0 Å². The number of esters is 2. The molecular weight excluding hydrogens is 382 g/mol. The van der Waals surface area contributed by atoms with E-state index >= 15 is 0 Å². The number of hydrogen-bond acceptors (Lipinski definition) is 6. The fourth-order valence-corrected chi connectivity index (χ4v) is 8.20. The first kappa shape index (κ1) is 21.7. The number of carbonyl (C=O) groups excluding carboxylic acids is 2. The van der Waals surface area contributed by atoms with E-state index in [0.717, 1.165) is 0 Å². The van der Waals surface area contributed by atoms with Crippen LogP contribution in [0, 0.1) is 0 Å². The summed E-state index contributed by atoms with van der Waals surface area (Å²) >= 11 is 0. The van der Waals surface area contributed by atoms with Gasteiger partial charge in [0, 0.05) is 10.7 Å². The molecule has 0 saturated heterocycles. The van der Waals surface area contributed by atoms with Gasteiger partial charge in [-0.3, -0.25) is 4.03 Å². The molecule has 0 bridgehead atoms. The number of carbonyl (C=O) groups is 2. The molecule has 0 heterocycles. The van der Waals surface area contributed by atoms with Crippen molar-refractivity contribution < 1.29 is 23.3 Å². The maximum atomic E-state index is 13.2. The number of rotatable bonds is 4. The average Bonchev–Trinajstić information content (AvgIpc) is 2.50. The second kappa shape index (κ2) is 7.47. The van der Waals surface area contributed by atoms with Crippen molar-refractivity contribution in [3.8, 4) is 0 Å². The lowest BCUT2D eigenvalue weighted by molar-refractivity contribution is 0.0583. The number of benzene rings is 1. The Labute approximate surface area is 154 Å². The molecule has 0 radical (unpaired) electrons. The van der Waals surface area contributed by atoms with E-state index in [0.29, 0.717) is 0 Å². The van der Waals surface area contributed by atoms with Gasteiger partial charge in [0.05, 0.1) is 30.2 Å². The van der Waals surface area contributed by atoms with Crippen molar-refractivity contribution in [2.75, 3.05) is 14.2 Å². The van der Waals surface area contributed by atoms with Crippen LogP contribution in [-0.4, -0.2) is 38.6 Å². The first-order valence-corrected chi connectivity index (χ1v) is 12.8. The van der Waals surface area contributed by atoms with Gasteiger partial charge in [0.2, 0.25) is 0 Å². The summed E-state index contributed by atoms with van der Waals surface area (Å²) in [5, 5.41) is -0.198. The van der Waals surface area contributed by atoms with Crippen LogP contribution in [0.25, 0.3) is 0 Å². The van der Waals surface area contributed by atoms with Crippen molar-refractivity contribution in [1.82, 2.24) is 0 Å². The summed E-state index contributed by atoms with van der Waals surface area (Å²) in [7, 11) is 2.91. The topological polar surface area (TPSA) is 82.0 Å². The molecule has 0 N–H and O–H groups in total. The van der Waals surface area contributed by atoms with E-state index in [1.807, 2.05) is 33.9 Å². The summed E-state index contributed by atoms with van der Waals surface area (Å²) < 4.78 is 27.1. The fraction of sp³-hybridized carbons (Fsp3) is 0.500. The molecule has 25 heavy (non-hydrogen) atoms. The molecule has 9 heteroatoms. The number of ether oxygens (including phenoxy) is 2. The van der Waals surface area contributed by atoms with Crippen molar-refractivity contribution in [3.05, 3.63) is 29.3 Å². The van der Waals surface area contributed by atoms with E-state index in [9.17, 15) is 13.8 Å². The molecule has 1 unspecified atom stereocenters. The van der Waals surface area contributed by atoms with Crippen LogP contribution in [0.15, 0.2) is 27.1 Å². The molecule has 1 rings (SSSR count). The SMILES string of the molecule is COC(=O)c1ccc(C(=O)OC)c(S(=O)(Cl)=N[Si](C)(C)C(C)(C)C)c1. The van der Waals surface area contributed by atoms with Gasteiger partial charge in [0.15, 0.2) is 17.2 Å². The zero-order chi connectivity index (χ0) is 19.6. The molecule has 1 aromatic carbocycles. The van der Waals surface area contributed by atoms with Crippen LogP contribution >= 0.6 is 10.7 Å². The monoisotopic (exact) mass is 405 g/mol. The summed E-state index contributed by atoms with van der Waals surface area (Å²) in [6.07, 6.45) is 0. The van der Waals surface area contributed by atoms with E-state index in [-0.39, 0.29) is 21.1 Å². The van der Waals surface area contributed by atoms with Gasteiger partial charge >= 0.3 is 11.9 Å². The maximum Gasteiger partial charge on any atom is 0.339 e. The Morgan fingerprint density at radius 2 is 1.64 bits per heavy atom. The van der Waals surface area contributed by atoms with Crippen LogP contribution in [-0.2, 0) is 18.4 Å².